The molecule has 2 aromatic rings. The molecule has 1 aliphatic rings. The third-order valence-corrected chi connectivity index (χ3v) is 6.98. The van der Waals surface area contributed by atoms with E-state index < -0.39 is 27.9 Å². The van der Waals surface area contributed by atoms with Crippen LogP contribution < -0.4 is 5.32 Å². The van der Waals surface area contributed by atoms with Crippen molar-refractivity contribution >= 4 is 33.6 Å². The van der Waals surface area contributed by atoms with Gasteiger partial charge < -0.3 is 19.5 Å². The summed E-state index contributed by atoms with van der Waals surface area (Å²) in [6, 6.07) is 9.60. The largest absolute Gasteiger partial charge is 0.465 e. The highest BCUT2D eigenvalue weighted by Gasteiger charge is 2.32. The van der Waals surface area contributed by atoms with Crippen LogP contribution in [0, 0.1) is 0 Å². The molecule has 0 aliphatic carbocycles. The van der Waals surface area contributed by atoms with Crippen molar-refractivity contribution in [3.05, 3.63) is 59.2 Å². The number of hydrogen-bond acceptors (Lipinski definition) is 8. The molecule has 1 amide bonds. The van der Waals surface area contributed by atoms with Gasteiger partial charge in [0.2, 0.25) is 10.0 Å². The fourth-order valence-electron chi connectivity index (χ4n) is 3.65. The van der Waals surface area contributed by atoms with E-state index in [1.54, 1.807) is 13.8 Å². The fraction of sp³-hybridized carbons (Fsp3) is 0.348. The molecule has 1 saturated heterocycles. The van der Waals surface area contributed by atoms with Crippen LogP contribution in [-0.2, 0) is 24.2 Å². The molecule has 1 N–H and O–H groups in total. The molecule has 11 heteroatoms. The minimum absolute atomic E-state index is 0.0278. The lowest BCUT2D eigenvalue weighted by molar-refractivity contribution is -0.0440. The highest BCUT2D eigenvalue weighted by molar-refractivity contribution is 7.89. The van der Waals surface area contributed by atoms with Crippen LogP contribution in [0.25, 0.3) is 0 Å². The Morgan fingerprint density at radius 3 is 2.00 bits per heavy atom. The molecule has 1 aliphatic heterocycles. The maximum absolute atomic E-state index is 13.2. The van der Waals surface area contributed by atoms with E-state index in [1.807, 2.05) is 0 Å². The van der Waals surface area contributed by atoms with Crippen molar-refractivity contribution in [3.63, 3.8) is 0 Å². The Kier molecular flexibility index (Phi) is 7.70. The van der Waals surface area contributed by atoms with Gasteiger partial charge >= 0.3 is 11.9 Å². The molecule has 0 radical (unpaired) electrons. The minimum atomic E-state index is -3.85. The summed E-state index contributed by atoms with van der Waals surface area (Å²) in [5.41, 5.74) is 0.288. The Morgan fingerprint density at radius 2 is 1.47 bits per heavy atom. The number of nitrogens with zero attached hydrogens (tertiary/aromatic N) is 1. The van der Waals surface area contributed by atoms with E-state index >= 15 is 0 Å². The van der Waals surface area contributed by atoms with Gasteiger partial charge in [-0.05, 0) is 50.2 Å². The Hall–Kier alpha value is -3.28. The van der Waals surface area contributed by atoms with Gasteiger partial charge in [-0.15, -0.1) is 0 Å². The van der Waals surface area contributed by atoms with Gasteiger partial charge in [0.1, 0.15) is 0 Å². The molecule has 3 rings (SSSR count). The highest BCUT2D eigenvalue weighted by Crippen LogP contribution is 2.23. The van der Waals surface area contributed by atoms with Gasteiger partial charge in [0.15, 0.2) is 0 Å². The number of morpholine rings is 1. The molecule has 182 valence electrons. The summed E-state index contributed by atoms with van der Waals surface area (Å²) < 4.78 is 42.6. The number of anilines is 1. The van der Waals surface area contributed by atoms with Crippen molar-refractivity contribution in [2.75, 3.05) is 32.6 Å². The van der Waals surface area contributed by atoms with Gasteiger partial charge in [-0.1, -0.05) is 6.07 Å². The van der Waals surface area contributed by atoms with Gasteiger partial charge in [0.25, 0.3) is 5.91 Å². The van der Waals surface area contributed by atoms with Crippen LogP contribution in [0.5, 0.6) is 0 Å². The van der Waals surface area contributed by atoms with E-state index in [4.69, 9.17) is 14.2 Å². The number of methoxy groups -OCH3 is 2. The highest BCUT2D eigenvalue weighted by atomic mass is 32.2. The van der Waals surface area contributed by atoms with Crippen LogP contribution in [0.4, 0.5) is 5.69 Å². The first-order valence-electron chi connectivity index (χ1n) is 10.4. The first-order chi connectivity index (χ1) is 16.0. The Morgan fingerprint density at radius 1 is 0.912 bits per heavy atom. The zero-order valence-corrected chi connectivity index (χ0v) is 20.0. The molecular weight excluding hydrogens is 464 g/mol. The lowest BCUT2D eigenvalue weighted by Crippen LogP contribution is -2.48. The van der Waals surface area contributed by atoms with E-state index in [2.05, 4.69) is 5.32 Å². The Bertz CT molecular complexity index is 1170. The van der Waals surface area contributed by atoms with E-state index in [-0.39, 0.29) is 52.6 Å². The third-order valence-electron chi connectivity index (χ3n) is 5.15. The molecule has 2 aromatic carbocycles. The number of benzene rings is 2. The summed E-state index contributed by atoms with van der Waals surface area (Å²) in [6.45, 7) is 4.01. The number of nitrogens with one attached hydrogen (secondary N) is 1. The molecule has 34 heavy (non-hydrogen) atoms. The SMILES string of the molecule is COC(=O)c1cc(NC(=O)c2cccc(S(=O)(=O)N3CC(C)OC(C)C3)c2)cc(C(=O)OC)c1. The second kappa shape index (κ2) is 10.3. The standard InChI is InChI=1S/C23H26N2O8S/c1-14-12-25(13-15(2)33-14)34(29,30)20-7-5-6-16(11-20)21(26)24-19-9-17(22(27)31-3)8-18(10-19)23(28)32-4/h5-11,14-15H,12-13H2,1-4H3,(H,24,26). The number of carbonyl (C=O) groups is 3. The van der Waals surface area contributed by atoms with Crippen LogP contribution in [-0.4, -0.2) is 70.1 Å². The average Bonchev–Trinajstić information content (AvgIpc) is 2.82. The molecule has 0 spiro atoms. The zero-order valence-electron chi connectivity index (χ0n) is 19.2. The predicted molar refractivity (Wildman–Crippen MR) is 122 cm³/mol. The van der Waals surface area contributed by atoms with Crippen molar-refractivity contribution in [3.8, 4) is 0 Å². The topological polar surface area (TPSA) is 128 Å². The summed E-state index contributed by atoms with van der Waals surface area (Å²) in [4.78, 5) is 36.8. The summed E-state index contributed by atoms with van der Waals surface area (Å²) in [5.74, 6) is -2.04. The lowest BCUT2D eigenvalue weighted by Gasteiger charge is -2.34. The van der Waals surface area contributed by atoms with Crippen molar-refractivity contribution in [2.45, 2.75) is 31.0 Å². The van der Waals surface area contributed by atoms with E-state index in [9.17, 15) is 22.8 Å². The van der Waals surface area contributed by atoms with E-state index in [0.29, 0.717) is 0 Å². The van der Waals surface area contributed by atoms with Crippen LogP contribution in [0.1, 0.15) is 44.9 Å². The Labute approximate surface area is 197 Å². The normalized spacial score (nSPS) is 18.7. The van der Waals surface area contributed by atoms with Gasteiger partial charge in [-0.2, -0.15) is 4.31 Å². The smallest absolute Gasteiger partial charge is 0.337 e. The molecule has 1 heterocycles. The van der Waals surface area contributed by atoms with E-state index in [0.717, 1.165) is 0 Å². The second-order valence-corrected chi connectivity index (χ2v) is 9.78. The number of esters is 2. The molecule has 10 nitrogen and oxygen atoms in total. The number of sulfonamides is 1. The number of amides is 1. The van der Waals surface area contributed by atoms with Crippen molar-refractivity contribution in [2.24, 2.45) is 0 Å². The molecule has 0 bridgehead atoms. The number of carbonyl (C=O) groups excluding carboxylic acids is 3. The second-order valence-electron chi connectivity index (χ2n) is 7.84. The summed E-state index contributed by atoms with van der Waals surface area (Å²) in [7, 11) is -1.47. The molecule has 0 aromatic heterocycles. The lowest BCUT2D eigenvalue weighted by atomic mass is 10.1. The first-order valence-corrected chi connectivity index (χ1v) is 11.9. The Balaban J connectivity index is 1.88. The third kappa shape index (κ3) is 5.61. The van der Waals surface area contributed by atoms with Gasteiger partial charge in [-0.3, -0.25) is 4.79 Å². The first kappa shape index (κ1) is 25.3. The summed E-state index contributed by atoms with van der Waals surface area (Å²) >= 11 is 0. The predicted octanol–water partition coefficient (Wildman–Crippen LogP) is 2.31. The molecule has 1 fully saturated rings. The molecular formula is C23H26N2O8S. The van der Waals surface area contributed by atoms with Gasteiger partial charge in [-0.25, -0.2) is 18.0 Å². The van der Waals surface area contributed by atoms with Crippen molar-refractivity contribution in [1.29, 1.82) is 0 Å². The average molecular weight is 491 g/mol. The van der Waals surface area contributed by atoms with Gasteiger partial charge in [0.05, 0.1) is 42.4 Å². The van der Waals surface area contributed by atoms with Crippen LogP contribution in [0.15, 0.2) is 47.4 Å². The van der Waals surface area contributed by atoms with Gasteiger partial charge in [0, 0.05) is 24.3 Å². The fourth-order valence-corrected chi connectivity index (χ4v) is 5.29. The minimum Gasteiger partial charge on any atom is -0.465 e. The maximum Gasteiger partial charge on any atom is 0.337 e. The summed E-state index contributed by atoms with van der Waals surface area (Å²) in [5, 5.41) is 2.59. The van der Waals surface area contributed by atoms with Crippen LogP contribution in [0.2, 0.25) is 0 Å². The number of ether oxygens (including phenoxy) is 3. The number of rotatable bonds is 6. The molecule has 2 atom stereocenters. The maximum atomic E-state index is 13.2. The van der Waals surface area contributed by atoms with E-state index in [1.165, 1.54) is 61.0 Å². The zero-order chi connectivity index (χ0) is 25.0. The van der Waals surface area contributed by atoms with Crippen molar-refractivity contribution in [1.82, 2.24) is 4.31 Å². The monoisotopic (exact) mass is 490 g/mol. The van der Waals surface area contributed by atoms with Crippen molar-refractivity contribution < 1.29 is 37.0 Å². The quantitative estimate of drug-likeness (QED) is 0.611. The van der Waals surface area contributed by atoms with Crippen LogP contribution >= 0.6 is 0 Å². The molecule has 2 unspecified atom stereocenters. The molecule has 0 saturated carbocycles. The van der Waals surface area contributed by atoms with Crippen LogP contribution in [0.3, 0.4) is 0 Å². The summed E-state index contributed by atoms with van der Waals surface area (Å²) in [6.07, 6.45) is -0.507. The number of hydrogen-bond donors (Lipinski definition) is 1.